The monoisotopic (exact) mass is 361 g/mol. The average molecular weight is 362 g/mol. The number of carbonyl (C=O) groups excluding carboxylic acids is 2. The van der Waals surface area contributed by atoms with Gasteiger partial charge in [-0.3, -0.25) is 9.59 Å². The molecule has 0 fully saturated rings. The van der Waals surface area contributed by atoms with Crippen LogP contribution in [0.4, 0.5) is 5.69 Å². The van der Waals surface area contributed by atoms with Gasteiger partial charge in [-0.1, -0.05) is 35.9 Å². The number of fused-ring (bicyclic) bond motifs is 1. The van der Waals surface area contributed by atoms with Crippen molar-refractivity contribution >= 4 is 40.9 Å². The molecule has 1 aliphatic rings. The van der Waals surface area contributed by atoms with Gasteiger partial charge in [-0.05, 0) is 29.8 Å². The van der Waals surface area contributed by atoms with Crippen LogP contribution in [0.1, 0.15) is 12.0 Å². The number of rotatable bonds is 5. The maximum absolute atomic E-state index is 12.1. The minimum Gasteiger partial charge on any atom is -0.461 e. The Hall–Kier alpha value is -1.98. The minimum atomic E-state index is -0.326. The van der Waals surface area contributed by atoms with E-state index in [4.69, 9.17) is 16.3 Å². The number of nitrogens with zero attached hydrogens (tertiary/aromatic N) is 1. The van der Waals surface area contributed by atoms with Crippen LogP contribution in [0.3, 0.4) is 0 Å². The van der Waals surface area contributed by atoms with Crippen LogP contribution in [0, 0.1) is 0 Å². The maximum atomic E-state index is 12.1. The van der Waals surface area contributed by atoms with Crippen LogP contribution >= 0.6 is 23.4 Å². The molecule has 1 amide bonds. The molecule has 4 nitrogen and oxygen atoms in total. The summed E-state index contributed by atoms with van der Waals surface area (Å²) in [4.78, 5) is 26.8. The Morgan fingerprint density at radius 3 is 2.71 bits per heavy atom. The van der Waals surface area contributed by atoms with Gasteiger partial charge in [-0.15, -0.1) is 11.8 Å². The van der Waals surface area contributed by atoms with Gasteiger partial charge in [-0.2, -0.15) is 0 Å². The van der Waals surface area contributed by atoms with E-state index in [1.807, 2.05) is 36.4 Å². The zero-order chi connectivity index (χ0) is 16.9. The lowest BCUT2D eigenvalue weighted by molar-refractivity contribution is -0.144. The third-order valence-electron chi connectivity index (χ3n) is 3.66. The zero-order valence-electron chi connectivity index (χ0n) is 12.9. The van der Waals surface area contributed by atoms with Crippen LogP contribution in [0.15, 0.2) is 53.4 Å². The van der Waals surface area contributed by atoms with Crippen LogP contribution in [-0.2, 0) is 20.9 Å². The number of halogens is 1. The summed E-state index contributed by atoms with van der Waals surface area (Å²) in [6.07, 6.45) is 0.165. The van der Waals surface area contributed by atoms with E-state index in [2.05, 4.69) is 0 Å². The van der Waals surface area contributed by atoms with Crippen LogP contribution in [0.5, 0.6) is 0 Å². The zero-order valence-corrected chi connectivity index (χ0v) is 14.5. The molecule has 2 aromatic rings. The van der Waals surface area contributed by atoms with Crippen LogP contribution in [-0.4, -0.2) is 24.2 Å². The van der Waals surface area contributed by atoms with Crippen molar-refractivity contribution in [3.63, 3.8) is 0 Å². The van der Waals surface area contributed by atoms with E-state index in [9.17, 15) is 9.59 Å². The summed E-state index contributed by atoms with van der Waals surface area (Å²) in [5.74, 6) is 0.0919. The molecule has 0 spiro atoms. The molecule has 1 aliphatic heterocycles. The fourth-order valence-corrected chi connectivity index (χ4v) is 3.48. The summed E-state index contributed by atoms with van der Waals surface area (Å²) in [5, 5.41) is 0.644. The molecule has 3 rings (SSSR count). The molecule has 0 bridgehead atoms. The Balaban J connectivity index is 1.54. The number of hydrogen-bond acceptors (Lipinski definition) is 4. The van der Waals surface area contributed by atoms with Crippen molar-refractivity contribution in [3.05, 3.63) is 59.1 Å². The van der Waals surface area contributed by atoms with E-state index in [0.717, 1.165) is 16.1 Å². The standard InChI is InChI=1S/C18H16ClNO3S/c19-14-7-5-13(6-8-14)11-23-18(22)9-10-20-15-3-1-2-4-16(15)24-12-17(20)21/h1-8H,9-12H2. The van der Waals surface area contributed by atoms with Crippen LogP contribution in [0.2, 0.25) is 5.02 Å². The summed E-state index contributed by atoms with van der Waals surface area (Å²) >= 11 is 7.34. The van der Waals surface area contributed by atoms with Gasteiger partial charge in [0, 0.05) is 16.5 Å². The second-order valence-corrected chi connectivity index (χ2v) is 6.79. The first kappa shape index (κ1) is 16.9. The second kappa shape index (κ2) is 7.73. The highest BCUT2D eigenvalue weighted by Gasteiger charge is 2.24. The number of carbonyl (C=O) groups is 2. The van der Waals surface area contributed by atoms with Crippen LogP contribution < -0.4 is 4.90 Å². The molecule has 24 heavy (non-hydrogen) atoms. The molecule has 0 unspecified atom stereocenters. The van der Waals surface area contributed by atoms with Crippen molar-refractivity contribution in [2.24, 2.45) is 0 Å². The number of amides is 1. The SMILES string of the molecule is O=C(CCN1C(=O)CSc2ccccc21)OCc1ccc(Cl)cc1. The second-order valence-electron chi connectivity index (χ2n) is 5.34. The van der Waals surface area contributed by atoms with Crippen molar-refractivity contribution < 1.29 is 14.3 Å². The lowest BCUT2D eigenvalue weighted by Crippen LogP contribution is -2.37. The Labute approximate surface area is 149 Å². The van der Waals surface area contributed by atoms with Crippen molar-refractivity contribution in [2.75, 3.05) is 17.2 Å². The summed E-state index contributed by atoms with van der Waals surface area (Å²) < 4.78 is 5.26. The van der Waals surface area contributed by atoms with Gasteiger partial charge in [0.2, 0.25) is 5.91 Å². The van der Waals surface area contributed by atoms with Gasteiger partial charge in [0.05, 0.1) is 17.9 Å². The van der Waals surface area contributed by atoms with Crippen molar-refractivity contribution in [1.82, 2.24) is 0 Å². The number of para-hydroxylation sites is 1. The number of ether oxygens (including phenoxy) is 1. The molecular formula is C18H16ClNO3S. The predicted molar refractivity (Wildman–Crippen MR) is 95.4 cm³/mol. The van der Waals surface area contributed by atoms with Gasteiger partial charge in [0.15, 0.2) is 0 Å². The third-order valence-corrected chi connectivity index (χ3v) is 4.96. The van der Waals surface area contributed by atoms with E-state index in [0.29, 0.717) is 17.3 Å². The Kier molecular flexibility index (Phi) is 5.43. The van der Waals surface area contributed by atoms with Crippen molar-refractivity contribution in [1.29, 1.82) is 0 Å². The van der Waals surface area contributed by atoms with E-state index in [1.54, 1.807) is 17.0 Å². The first-order valence-corrected chi connectivity index (χ1v) is 8.92. The Morgan fingerprint density at radius 2 is 1.92 bits per heavy atom. The lowest BCUT2D eigenvalue weighted by atomic mass is 10.2. The smallest absolute Gasteiger partial charge is 0.307 e. The Morgan fingerprint density at radius 1 is 1.17 bits per heavy atom. The first-order chi connectivity index (χ1) is 11.6. The van der Waals surface area contributed by atoms with Gasteiger partial charge < -0.3 is 9.64 Å². The number of esters is 1. The molecular weight excluding hydrogens is 346 g/mol. The molecule has 0 N–H and O–H groups in total. The van der Waals surface area contributed by atoms with E-state index in [1.165, 1.54) is 11.8 Å². The fraction of sp³-hybridized carbons (Fsp3) is 0.222. The molecule has 124 valence electrons. The molecule has 0 aliphatic carbocycles. The summed E-state index contributed by atoms with van der Waals surface area (Å²) in [6, 6.07) is 14.9. The Bertz CT molecular complexity index is 748. The summed E-state index contributed by atoms with van der Waals surface area (Å²) in [7, 11) is 0. The molecule has 0 radical (unpaired) electrons. The molecule has 0 atom stereocenters. The minimum absolute atomic E-state index is 0.0178. The quantitative estimate of drug-likeness (QED) is 0.757. The highest BCUT2D eigenvalue weighted by Crippen LogP contribution is 2.34. The molecule has 0 aromatic heterocycles. The van der Waals surface area contributed by atoms with E-state index < -0.39 is 0 Å². The van der Waals surface area contributed by atoms with Crippen LogP contribution in [0.25, 0.3) is 0 Å². The predicted octanol–water partition coefficient (Wildman–Crippen LogP) is 3.91. The van der Waals surface area contributed by atoms with Gasteiger partial charge >= 0.3 is 5.97 Å². The van der Waals surface area contributed by atoms with Gasteiger partial charge in [-0.25, -0.2) is 0 Å². The highest BCUT2D eigenvalue weighted by atomic mass is 35.5. The average Bonchev–Trinajstić information content (AvgIpc) is 2.60. The molecule has 1 heterocycles. The van der Waals surface area contributed by atoms with Gasteiger partial charge in [0.1, 0.15) is 6.61 Å². The molecule has 2 aromatic carbocycles. The molecule has 0 saturated heterocycles. The van der Waals surface area contributed by atoms with Gasteiger partial charge in [0.25, 0.3) is 0 Å². The topological polar surface area (TPSA) is 46.6 Å². The molecule has 6 heteroatoms. The largest absolute Gasteiger partial charge is 0.461 e. The normalized spacial score (nSPS) is 13.5. The number of anilines is 1. The number of thioether (sulfide) groups is 1. The van der Waals surface area contributed by atoms with E-state index >= 15 is 0 Å². The van der Waals surface area contributed by atoms with Crippen molar-refractivity contribution in [3.8, 4) is 0 Å². The van der Waals surface area contributed by atoms with E-state index in [-0.39, 0.29) is 24.9 Å². The number of benzene rings is 2. The third kappa shape index (κ3) is 4.10. The highest BCUT2D eigenvalue weighted by molar-refractivity contribution is 8.00. The number of hydrogen-bond donors (Lipinski definition) is 0. The van der Waals surface area contributed by atoms with Crippen molar-refractivity contribution in [2.45, 2.75) is 17.9 Å². The fourth-order valence-electron chi connectivity index (χ4n) is 2.42. The molecule has 0 saturated carbocycles. The lowest BCUT2D eigenvalue weighted by Gasteiger charge is -2.28. The maximum Gasteiger partial charge on any atom is 0.307 e. The summed E-state index contributed by atoms with van der Waals surface area (Å²) in [6.45, 7) is 0.534. The summed E-state index contributed by atoms with van der Waals surface area (Å²) in [5.41, 5.74) is 1.74. The first-order valence-electron chi connectivity index (χ1n) is 7.56.